The summed E-state index contributed by atoms with van der Waals surface area (Å²) in [6.07, 6.45) is 6.64. The Balaban J connectivity index is 1.67. The van der Waals surface area contributed by atoms with Gasteiger partial charge in [-0.2, -0.15) is 0 Å². The summed E-state index contributed by atoms with van der Waals surface area (Å²) < 4.78 is 0.914. The lowest BCUT2D eigenvalue weighted by atomic mass is 10.1. The highest BCUT2D eigenvalue weighted by molar-refractivity contribution is 9.09. The van der Waals surface area contributed by atoms with Crippen molar-refractivity contribution in [2.24, 2.45) is 5.92 Å². The lowest BCUT2D eigenvalue weighted by Crippen LogP contribution is -2.00. The van der Waals surface area contributed by atoms with Crippen LogP contribution in [0.2, 0.25) is 4.34 Å². The first-order valence-corrected chi connectivity index (χ1v) is 7.25. The van der Waals surface area contributed by atoms with E-state index in [4.69, 9.17) is 11.6 Å². The van der Waals surface area contributed by atoms with E-state index in [0.717, 1.165) is 15.1 Å². The fourth-order valence-electron chi connectivity index (χ4n) is 1.65. The minimum absolute atomic E-state index is 0.762. The monoisotopic (exact) mass is 292 g/mol. The number of halogens is 2. The van der Waals surface area contributed by atoms with Gasteiger partial charge in [0.15, 0.2) is 0 Å². The summed E-state index contributed by atoms with van der Waals surface area (Å²) in [6, 6.07) is 4.14. The van der Waals surface area contributed by atoms with Crippen LogP contribution in [0.25, 0.3) is 0 Å². The second-order valence-electron chi connectivity index (χ2n) is 3.95. The fourth-order valence-corrected chi connectivity index (χ4v) is 3.63. The van der Waals surface area contributed by atoms with Gasteiger partial charge in [0.2, 0.25) is 0 Å². The van der Waals surface area contributed by atoms with Gasteiger partial charge in [0.05, 0.1) is 4.34 Å². The van der Waals surface area contributed by atoms with Crippen LogP contribution in [0.5, 0.6) is 0 Å². The molecule has 1 saturated carbocycles. The zero-order valence-corrected chi connectivity index (χ0v) is 11.2. The molecule has 1 aliphatic rings. The molecular formula is C11H14BrClS. The van der Waals surface area contributed by atoms with E-state index in [9.17, 15) is 0 Å². The average molecular weight is 294 g/mol. The third-order valence-corrected chi connectivity index (χ3v) is 5.16. The van der Waals surface area contributed by atoms with E-state index in [1.165, 1.54) is 37.0 Å². The van der Waals surface area contributed by atoms with Gasteiger partial charge in [-0.3, -0.25) is 0 Å². The fraction of sp³-hybridized carbons (Fsp3) is 0.636. The zero-order valence-electron chi connectivity index (χ0n) is 8.01. The lowest BCUT2D eigenvalue weighted by Gasteiger charge is -2.06. The average Bonchev–Trinajstić information content (AvgIpc) is 2.92. The van der Waals surface area contributed by atoms with Crippen LogP contribution in [-0.2, 0) is 6.42 Å². The Morgan fingerprint density at radius 2 is 2.29 bits per heavy atom. The normalized spacial score (nSPS) is 18.4. The summed E-state index contributed by atoms with van der Waals surface area (Å²) >= 11 is 11.3. The highest BCUT2D eigenvalue weighted by Gasteiger charge is 2.28. The third kappa shape index (κ3) is 3.25. The summed E-state index contributed by atoms with van der Waals surface area (Å²) in [5.74, 6) is 0.974. The molecule has 14 heavy (non-hydrogen) atoms. The van der Waals surface area contributed by atoms with Gasteiger partial charge in [0.1, 0.15) is 0 Å². The highest BCUT2D eigenvalue weighted by atomic mass is 79.9. The molecule has 78 valence electrons. The SMILES string of the molecule is Clc1ccc(CCCC(Br)C2CC2)s1. The highest BCUT2D eigenvalue weighted by Crippen LogP contribution is 2.38. The number of hydrogen-bond donors (Lipinski definition) is 0. The molecule has 0 aromatic carbocycles. The maximum atomic E-state index is 5.87. The topological polar surface area (TPSA) is 0 Å². The minimum Gasteiger partial charge on any atom is -0.128 e. The van der Waals surface area contributed by atoms with E-state index < -0.39 is 0 Å². The Hall–Kier alpha value is 0.470. The van der Waals surface area contributed by atoms with Gasteiger partial charge in [-0.05, 0) is 50.2 Å². The van der Waals surface area contributed by atoms with Crippen molar-refractivity contribution < 1.29 is 0 Å². The quantitative estimate of drug-likeness (QED) is 0.678. The van der Waals surface area contributed by atoms with Crippen molar-refractivity contribution in [2.45, 2.75) is 36.9 Å². The Morgan fingerprint density at radius 3 is 2.86 bits per heavy atom. The molecule has 1 fully saturated rings. The molecular weight excluding hydrogens is 280 g/mol. The van der Waals surface area contributed by atoms with Gasteiger partial charge in [-0.1, -0.05) is 27.5 Å². The van der Waals surface area contributed by atoms with Crippen LogP contribution in [0.3, 0.4) is 0 Å². The van der Waals surface area contributed by atoms with Gasteiger partial charge in [0.25, 0.3) is 0 Å². The van der Waals surface area contributed by atoms with Gasteiger partial charge in [-0.15, -0.1) is 11.3 Å². The van der Waals surface area contributed by atoms with Crippen LogP contribution in [0.1, 0.15) is 30.6 Å². The summed E-state index contributed by atoms with van der Waals surface area (Å²) in [7, 11) is 0. The number of hydrogen-bond acceptors (Lipinski definition) is 1. The third-order valence-electron chi connectivity index (χ3n) is 2.67. The second kappa shape index (κ2) is 5.00. The van der Waals surface area contributed by atoms with Crippen molar-refractivity contribution in [1.82, 2.24) is 0 Å². The molecule has 2 rings (SSSR count). The van der Waals surface area contributed by atoms with Gasteiger partial charge in [-0.25, -0.2) is 0 Å². The van der Waals surface area contributed by atoms with E-state index in [1.807, 2.05) is 6.07 Å². The van der Waals surface area contributed by atoms with Crippen LogP contribution in [0.15, 0.2) is 12.1 Å². The molecule has 1 aliphatic carbocycles. The van der Waals surface area contributed by atoms with Gasteiger partial charge >= 0.3 is 0 Å². The van der Waals surface area contributed by atoms with Crippen molar-refractivity contribution in [3.05, 3.63) is 21.3 Å². The van der Waals surface area contributed by atoms with E-state index in [1.54, 1.807) is 11.3 Å². The van der Waals surface area contributed by atoms with Crippen LogP contribution in [-0.4, -0.2) is 4.83 Å². The molecule has 0 spiro atoms. The first-order valence-electron chi connectivity index (χ1n) is 5.14. The molecule has 1 aromatic heterocycles. The van der Waals surface area contributed by atoms with E-state index >= 15 is 0 Å². The maximum absolute atomic E-state index is 5.87. The standard InChI is InChI=1S/C11H14BrClS/c12-10(8-4-5-8)3-1-2-9-6-7-11(13)14-9/h6-8,10H,1-5H2. The summed E-state index contributed by atoms with van der Waals surface area (Å²) in [5, 5.41) is 0. The second-order valence-corrected chi connectivity index (χ2v) is 6.93. The number of thiophene rings is 1. The molecule has 0 bridgehead atoms. The van der Waals surface area contributed by atoms with Crippen LogP contribution < -0.4 is 0 Å². The summed E-state index contributed by atoms with van der Waals surface area (Å²) in [6.45, 7) is 0. The summed E-state index contributed by atoms with van der Waals surface area (Å²) in [5.41, 5.74) is 0. The number of aryl methyl sites for hydroxylation is 1. The van der Waals surface area contributed by atoms with Crippen LogP contribution in [0.4, 0.5) is 0 Å². The predicted molar refractivity (Wildman–Crippen MR) is 67.7 cm³/mol. The van der Waals surface area contributed by atoms with Crippen molar-refractivity contribution in [2.75, 3.05) is 0 Å². The molecule has 0 amide bonds. The van der Waals surface area contributed by atoms with E-state index in [2.05, 4.69) is 22.0 Å². The van der Waals surface area contributed by atoms with Gasteiger partial charge in [0, 0.05) is 9.70 Å². The molecule has 0 radical (unpaired) electrons. The van der Waals surface area contributed by atoms with Crippen molar-refractivity contribution in [1.29, 1.82) is 0 Å². The zero-order chi connectivity index (χ0) is 9.97. The predicted octanol–water partition coefficient (Wildman–Crippen LogP) is 4.90. The molecule has 1 aromatic rings. The molecule has 0 aliphatic heterocycles. The molecule has 1 unspecified atom stereocenters. The Kier molecular flexibility index (Phi) is 3.92. The van der Waals surface area contributed by atoms with Crippen molar-refractivity contribution in [3.63, 3.8) is 0 Å². The number of rotatable bonds is 5. The largest absolute Gasteiger partial charge is 0.128 e. The summed E-state index contributed by atoms with van der Waals surface area (Å²) in [4.78, 5) is 2.18. The van der Waals surface area contributed by atoms with Crippen molar-refractivity contribution >= 4 is 38.9 Å². The molecule has 0 nitrogen and oxygen atoms in total. The molecule has 0 saturated heterocycles. The van der Waals surface area contributed by atoms with E-state index in [0.29, 0.717) is 0 Å². The first kappa shape index (κ1) is 11.0. The molecule has 0 N–H and O–H groups in total. The lowest BCUT2D eigenvalue weighted by molar-refractivity contribution is 0.656. The Morgan fingerprint density at radius 1 is 1.50 bits per heavy atom. The van der Waals surface area contributed by atoms with E-state index in [-0.39, 0.29) is 0 Å². The first-order chi connectivity index (χ1) is 6.75. The minimum atomic E-state index is 0.762. The molecule has 3 heteroatoms. The Bertz CT molecular complexity index is 293. The molecule has 1 atom stereocenters. The maximum Gasteiger partial charge on any atom is 0.0931 e. The smallest absolute Gasteiger partial charge is 0.0931 e. The Labute approximate surface area is 103 Å². The van der Waals surface area contributed by atoms with Crippen LogP contribution in [0, 0.1) is 5.92 Å². The van der Waals surface area contributed by atoms with Gasteiger partial charge < -0.3 is 0 Å². The molecule has 1 heterocycles. The van der Waals surface area contributed by atoms with Crippen LogP contribution >= 0.6 is 38.9 Å². The van der Waals surface area contributed by atoms with Crippen molar-refractivity contribution in [3.8, 4) is 0 Å². The number of alkyl halides is 1.